The average Bonchev–Trinajstić information content (AvgIpc) is 2.20. The predicted octanol–water partition coefficient (Wildman–Crippen LogP) is 2.81. The Morgan fingerprint density at radius 3 is 2.28 bits per heavy atom. The molecule has 2 N–H and O–H groups in total. The van der Waals surface area contributed by atoms with Crippen LogP contribution in [0.15, 0.2) is 0 Å². The summed E-state index contributed by atoms with van der Waals surface area (Å²) < 4.78 is 10.2. The summed E-state index contributed by atoms with van der Waals surface area (Å²) in [5.41, 5.74) is 5.89. The summed E-state index contributed by atoms with van der Waals surface area (Å²) >= 11 is 6.04. The van der Waals surface area contributed by atoms with Crippen molar-refractivity contribution in [2.45, 2.75) is 33.1 Å². The van der Waals surface area contributed by atoms with Gasteiger partial charge in [0.1, 0.15) is 0 Å². The van der Waals surface area contributed by atoms with Crippen LogP contribution in [0.4, 0.5) is 4.79 Å². The van der Waals surface area contributed by atoms with Gasteiger partial charge in [0.25, 0.3) is 0 Å². The predicted molar refractivity (Wildman–Crippen MR) is 69.4 cm³/mol. The number of primary amides is 1. The van der Waals surface area contributed by atoms with Crippen LogP contribution in [0.25, 0.3) is 0 Å². The van der Waals surface area contributed by atoms with Gasteiger partial charge in [0.05, 0.1) is 12.8 Å². The fourth-order valence-corrected chi connectivity index (χ4v) is 1.91. The summed E-state index contributed by atoms with van der Waals surface area (Å²) in [6.45, 7) is 7.54. The molecule has 0 spiro atoms. The highest BCUT2D eigenvalue weighted by Gasteiger charge is 2.27. The third kappa shape index (κ3) is 2.85. The lowest BCUT2D eigenvalue weighted by atomic mass is 9.90. The third-order valence-electron chi connectivity index (χ3n) is 2.41. The van der Waals surface area contributed by atoms with Crippen LogP contribution in [0, 0.1) is 6.92 Å². The molecule has 0 saturated carbocycles. The Morgan fingerprint density at radius 2 is 1.89 bits per heavy atom. The fourth-order valence-electron chi connectivity index (χ4n) is 1.61. The van der Waals surface area contributed by atoms with E-state index in [1.54, 1.807) is 6.92 Å². The summed E-state index contributed by atoms with van der Waals surface area (Å²) in [5, 5.41) is 0.233. The largest absolute Gasteiger partial charge is 0.493 e. The molecule has 18 heavy (non-hydrogen) atoms. The zero-order chi connectivity index (χ0) is 14.1. The summed E-state index contributed by atoms with van der Waals surface area (Å²) in [6.07, 6.45) is -0.894. The monoisotopic (exact) mass is 272 g/mol. The summed E-state index contributed by atoms with van der Waals surface area (Å²) in [4.78, 5) is 15.2. The first kappa shape index (κ1) is 14.6. The SMILES string of the molecule is COc1c(Cl)nc(C(C)(C)C)c(OC(N)=O)c1C. The van der Waals surface area contributed by atoms with Crippen molar-refractivity contribution >= 4 is 17.7 Å². The minimum atomic E-state index is -0.894. The molecule has 0 atom stereocenters. The number of halogens is 1. The molecule has 1 aromatic heterocycles. The highest BCUT2D eigenvalue weighted by molar-refractivity contribution is 6.31. The molecule has 100 valence electrons. The maximum Gasteiger partial charge on any atom is 0.410 e. The molecule has 0 aliphatic rings. The fraction of sp³-hybridized carbons (Fsp3) is 0.500. The minimum absolute atomic E-state index is 0.233. The smallest absolute Gasteiger partial charge is 0.410 e. The summed E-state index contributed by atoms with van der Waals surface area (Å²) in [6, 6.07) is 0. The molecule has 1 heterocycles. The number of carbonyl (C=O) groups excluding carboxylic acids is 1. The quantitative estimate of drug-likeness (QED) is 0.840. The lowest BCUT2D eigenvalue weighted by Gasteiger charge is -2.23. The van der Waals surface area contributed by atoms with Crippen LogP contribution in [0.5, 0.6) is 11.5 Å². The topological polar surface area (TPSA) is 74.4 Å². The van der Waals surface area contributed by atoms with Crippen molar-refractivity contribution in [1.82, 2.24) is 4.98 Å². The first-order valence-electron chi connectivity index (χ1n) is 5.40. The Hall–Kier alpha value is -1.49. The third-order valence-corrected chi connectivity index (χ3v) is 2.67. The second kappa shape index (κ2) is 5.02. The number of nitrogens with two attached hydrogens (primary N) is 1. The van der Waals surface area contributed by atoms with Crippen LogP contribution >= 0.6 is 11.6 Å². The van der Waals surface area contributed by atoms with Gasteiger partial charge in [-0.15, -0.1) is 0 Å². The Morgan fingerprint density at radius 1 is 1.33 bits per heavy atom. The van der Waals surface area contributed by atoms with Gasteiger partial charge < -0.3 is 15.2 Å². The molecule has 5 nitrogen and oxygen atoms in total. The van der Waals surface area contributed by atoms with Crippen LogP contribution in [-0.4, -0.2) is 18.2 Å². The van der Waals surface area contributed by atoms with E-state index in [0.29, 0.717) is 22.8 Å². The van der Waals surface area contributed by atoms with Gasteiger partial charge in [-0.05, 0) is 6.92 Å². The number of amides is 1. The summed E-state index contributed by atoms with van der Waals surface area (Å²) in [5.74, 6) is 0.678. The van der Waals surface area contributed by atoms with E-state index in [1.807, 2.05) is 20.8 Å². The number of ether oxygens (including phenoxy) is 2. The summed E-state index contributed by atoms with van der Waals surface area (Å²) in [7, 11) is 1.47. The molecule has 1 aromatic rings. The molecule has 0 fully saturated rings. The van der Waals surface area contributed by atoms with E-state index >= 15 is 0 Å². The van der Waals surface area contributed by atoms with Crippen molar-refractivity contribution < 1.29 is 14.3 Å². The molecule has 0 unspecified atom stereocenters. The molecule has 0 aromatic carbocycles. The molecule has 0 saturated heterocycles. The first-order chi connectivity index (χ1) is 8.18. The van der Waals surface area contributed by atoms with Gasteiger partial charge in [-0.3, -0.25) is 0 Å². The van der Waals surface area contributed by atoms with Crippen molar-refractivity contribution in [2.75, 3.05) is 7.11 Å². The van der Waals surface area contributed by atoms with Crippen molar-refractivity contribution in [3.8, 4) is 11.5 Å². The van der Waals surface area contributed by atoms with E-state index in [0.717, 1.165) is 0 Å². The maximum absolute atomic E-state index is 11.0. The molecule has 0 aliphatic carbocycles. The van der Waals surface area contributed by atoms with Gasteiger partial charge >= 0.3 is 6.09 Å². The normalized spacial score (nSPS) is 11.2. The van der Waals surface area contributed by atoms with Gasteiger partial charge in [0.2, 0.25) is 0 Å². The Kier molecular flexibility index (Phi) is 4.06. The molecular formula is C12H17ClN2O3. The van der Waals surface area contributed by atoms with Crippen LogP contribution < -0.4 is 15.2 Å². The van der Waals surface area contributed by atoms with Gasteiger partial charge in [-0.25, -0.2) is 9.78 Å². The van der Waals surface area contributed by atoms with E-state index in [4.69, 9.17) is 26.8 Å². The van der Waals surface area contributed by atoms with Crippen LogP contribution in [0.3, 0.4) is 0 Å². The molecule has 1 amide bonds. The lowest BCUT2D eigenvalue weighted by molar-refractivity contribution is 0.209. The number of aromatic nitrogens is 1. The van der Waals surface area contributed by atoms with E-state index in [-0.39, 0.29) is 10.6 Å². The van der Waals surface area contributed by atoms with E-state index in [2.05, 4.69) is 4.98 Å². The number of rotatable bonds is 2. The number of methoxy groups -OCH3 is 1. The van der Waals surface area contributed by atoms with E-state index in [1.165, 1.54) is 7.11 Å². The molecule has 0 radical (unpaired) electrons. The minimum Gasteiger partial charge on any atom is -0.493 e. The number of hydrogen-bond acceptors (Lipinski definition) is 4. The number of nitrogens with zero attached hydrogens (tertiary/aromatic N) is 1. The molecule has 0 aliphatic heterocycles. The van der Waals surface area contributed by atoms with Gasteiger partial charge in [-0.2, -0.15) is 0 Å². The van der Waals surface area contributed by atoms with Crippen molar-refractivity contribution in [2.24, 2.45) is 5.73 Å². The molecule has 6 heteroatoms. The zero-order valence-corrected chi connectivity index (χ0v) is 11.9. The van der Waals surface area contributed by atoms with Crippen molar-refractivity contribution in [3.05, 3.63) is 16.4 Å². The Balaban J connectivity index is 3.55. The highest BCUT2D eigenvalue weighted by Crippen LogP contribution is 2.40. The van der Waals surface area contributed by atoms with Crippen LogP contribution in [0.1, 0.15) is 32.0 Å². The van der Waals surface area contributed by atoms with E-state index < -0.39 is 6.09 Å². The second-order valence-corrected chi connectivity index (χ2v) is 5.27. The molecule has 1 rings (SSSR count). The van der Waals surface area contributed by atoms with E-state index in [9.17, 15) is 4.79 Å². The second-order valence-electron chi connectivity index (χ2n) is 4.91. The van der Waals surface area contributed by atoms with Crippen molar-refractivity contribution in [1.29, 1.82) is 0 Å². The van der Waals surface area contributed by atoms with Crippen LogP contribution in [-0.2, 0) is 5.41 Å². The van der Waals surface area contributed by atoms with Crippen LogP contribution in [0.2, 0.25) is 5.15 Å². The van der Waals surface area contributed by atoms with Crippen molar-refractivity contribution in [3.63, 3.8) is 0 Å². The maximum atomic E-state index is 11.0. The molecule has 0 bridgehead atoms. The molecular weight excluding hydrogens is 256 g/mol. The first-order valence-corrected chi connectivity index (χ1v) is 5.78. The Bertz CT molecular complexity index is 481. The zero-order valence-electron chi connectivity index (χ0n) is 11.1. The van der Waals surface area contributed by atoms with Gasteiger partial charge in [0, 0.05) is 11.0 Å². The van der Waals surface area contributed by atoms with Gasteiger partial charge in [0.15, 0.2) is 16.7 Å². The number of pyridine rings is 1. The average molecular weight is 273 g/mol. The Labute approximate surface area is 111 Å². The van der Waals surface area contributed by atoms with Gasteiger partial charge in [-0.1, -0.05) is 32.4 Å². The number of hydrogen-bond donors (Lipinski definition) is 1. The highest BCUT2D eigenvalue weighted by atomic mass is 35.5. The standard InChI is InChI=1S/C12H17ClN2O3/c1-6-7(18-11(14)16)9(12(2,3)4)15-10(13)8(6)17-5/h1-5H3,(H2,14,16). The number of carbonyl (C=O) groups is 1. The lowest BCUT2D eigenvalue weighted by Crippen LogP contribution is -2.22.